The van der Waals surface area contributed by atoms with Gasteiger partial charge in [0.15, 0.2) is 0 Å². The molecule has 2 aromatic heterocycles. The maximum absolute atomic E-state index is 11.8. The maximum Gasteiger partial charge on any atom is 0.396 e. The number of ether oxygens (including phenoxy) is 1. The van der Waals surface area contributed by atoms with Crippen molar-refractivity contribution in [3.8, 4) is 11.4 Å². The summed E-state index contributed by atoms with van der Waals surface area (Å²) in [5.41, 5.74) is 0.841. The second-order valence-corrected chi connectivity index (χ2v) is 5.25. The summed E-state index contributed by atoms with van der Waals surface area (Å²) in [5, 5.41) is 3.99. The Labute approximate surface area is 132 Å². The zero-order valence-corrected chi connectivity index (χ0v) is 12.6. The average molecular weight is 316 g/mol. The molecule has 0 aromatic carbocycles. The molecule has 1 aliphatic heterocycles. The van der Waals surface area contributed by atoms with Gasteiger partial charge in [0.05, 0.1) is 7.11 Å². The Hall–Kier alpha value is -2.77. The first-order chi connectivity index (χ1) is 11.2. The van der Waals surface area contributed by atoms with Crippen LogP contribution in [0.3, 0.4) is 0 Å². The minimum Gasteiger partial charge on any atom is -0.462 e. The van der Waals surface area contributed by atoms with E-state index in [1.54, 1.807) is 12.4 Å². The standard InChI is InChI=1S/C15H16N4O4/c1-22-15(21)14(20)19-8-4-11(5-9-19)13-17-12(18-23-13)10-2-6-16-7-3-10/h2-3,6-7,11H,4-5,8-9H2,1H3. The van der Waals surface area contributed by atoms with Crippen molar-refractivity contribution in [3.05, 3.63) is 30.4 Å². The van der Waals surface area contributed by atoms with Gasteiger partial charge in [-0.05, 0) is 25.0 Å². The van der Waals surface area contributed by atoms with E-state index in [1.165, 1.54) is 12.0 Å². The van der Waals surface area contributed by atoms with Gasteiger partial charge in [0.2, 0.25) is 11.7 Å². The maximum atomic E-state index is 11.8. The van der Waals surface area contributed by atoms with Crippen LogP contribution in [0.25, 0.3) is 11.4 Å². The van der Waals surface area contributed by atoms with E-state index in [1.807, 2.05) is 12.1 Å². The van der Waals surface area contributed by atoms with E-state index in [0.717, 1.165) is 5.56 Å². The van der Waals surface area contributed by atoms with Crippen LogP contribution in [-0.2, 0) is 14.3 Å². The van der Waals surface area contributed by atoms with Gasteiger partial charge in [-0.1, -0.05) is 5.16 Å². The third-order valence-electron chi connectivity index (χ3n) is 3.87. The molecule has 0 N–H and O–H groups in total. The fourth-order valence-corrected chi connectivity index (χ4v) is 2.57. The summed E-state index contributed by atoms with van der Waals surface area (Å²) in [5.74, 6) is -0.271. The van der Waals surface area contributed by atoms with Gasteiger partial charge in [-0.3, -0.25) is 9.78 Å². The number of carbonyl (C=O) groups is 2. The van der Waals surface area contributed by atoms with Crippen molar-refractivity contribution in [2.45, 2.75) is 18.8 Å². The first-order valence-electron chi connectivity index (χ1n) is 7.30. The van der Waals surface area contributed by atoms with E-state index in [-0.39, 0.29) is 5.92 Å². The Morgan fingerprint density at radius 3 is 2.61 bits per heavy atom. The minimum atomic E-state index is -0.832. The first kappa shape index (κ1) is 15.1. The summed E-state index contributed by atoms with van der Waals surface area (Å²) in [6.45, 7) is 0.928. The van der Waals surface area contributed by atoms with Crippen LogP contribution in [0.1, 0.15) is 24.7 Å². The van der Waals surface area contributed by atoms with Crippen molar-refractivity contribution in [1.29, 1.82) is 0 Å². The zero-order valence-electron chi connectivity index (χ0n) is 12.6. The molecule has 23 heavy (non-hydrogen) atoms. The second-order valence-electron chi connectivity index (χ2n) is 5.25. The largest absolute Gasteiger partial charge is 0.462 e. The number of pyridine rings is 1. The highest BCUT2D eigenvalue weighted by atomic mass is 16.5. The third-order valence-corrected chi connectivity index (χ3v) is 3.87. The van der Waals surface area contributed by atoms with Gasteiger partial charge in [-0.2, -0.15) is 4.98 Å². The Kier molecular flexibility index (Phi) is 4.31. The third kappa shape index (κ3) is 3.20. The molecule has 1 aliphatic rings. The van der Waals surface area contributed by atoms with Crippen LogP contribution in [0.15, 0.2) is 29.0 Å². The van der Waals surface area contributed by atoms with Crippen molar-refractivity contribution < 1.29 is 18.8 Å². The molecule has 0 bridgehead atoms. The molecule has 0 unspecified atom stereocenters. The number of methoxy groups -OCH3 is 1. The fraction of sp³-hybridized carbons (Fsp3) is 0.400. The van der Waals surface area contributed by atoms with Crippen LogP contribution >= 0.6 is 0 Å². The summed E-state index contributed by atoms with van der Waals surface area (Å²) >= 11 is 0. The topological polar surface area (TPSA) is 98.4 Å². The molecule has 0 atom stereocenters. The number of rotatable bonds is 2. The molecular weight excluding hydrogens is 300 g/mol. The highest BCUT2D eigenvalue weighted by Gasteiger charge is 2.30. The molecule has 8 heteroatoms. The Morgan fingerprint density at radius 2 is 1.96 bits per heavy atom. The fourth-order valence-electron chi connectivity index (χ4n) is 2.57. The lowest BCUT2D eigenvalue weighted by atomic mass is 9.96. The van der Waals surface area contributed by atoms with Crippen molar-refractivity contribution >= 4 is 11.9 Å². The highest BCUT2D eigenvalue weighted by molar-refractivity contribution is 6.32. The number of hydrogen-bond acceptors (Lipinski definition) is 7. The van der Waals surface area contributed by atoms with Crippen molar-refractivity contribution in [2.75, 3.05) is 20.2 Å². The van der Waals surface area contributed by atoms with Gasteiger partial charge >= 0.3 is 11.9 Å². The molecule has 120 valence electrons. The van der Waals surface area contributed by atoms with Crippen LogP contribution in [0.4, 0.5) is 0 Å². The summed E-state index contributed by atoms with van der Waals surface area (Å²) in [7, 11) is 1.20. The smallest absolute Gasteiger partial charge is 0.396 e. The monoisotopic (exact) mass is 316 g/mol. The van der Waals surface area contributed by atoms with E-state index in [4.69, 9.17) is 4.52 Å². The van der Waals surface area contributed by atoms with Crippen LogP contribution in [0, 0.1) is 0 Å². The van der Waals surface area contributed by atoms with Gasteiger partial charge in [0.1, 0.15) is 0 Å². The number of amides is 1. The number of nitrogens with zero attached hydrogens (tertiary/aromatic N) is 4. The molecule has 0 saturated carbocycles. The molecule has 0 radical (unpaired) electrons. The zero-order chi connectivity index (χ0) is 16.2. The molecule has 1 fully saturated rings. The van der Waals surface area contributed by atoms with E-state index < -0.39 is 11.9 Å². The SMILES string of the molecule is COC(=O)C(=O)N1CCC(c2nc(-c3ccncc3)no2)CC1. The average Bonchev–Trinajstić information content (AvgIpc) is 3.11. The van der Waals surface area contributed by atoms with Crippen LogP contribution in [0.2, 0.25) is 0 Å². The van der Waals surface area contributed by atoms with E-state index in [2.05, 4.69) is 19.9 Å². The number of hydrogen-bond donors (Lipinski definition) is 0. The number of likely N-dealkylation sites (tertiary alicyclic amines) is 1. The first-order valence-corrected chi connectivity index (χ1v) is 7.30. The van der Waals surface area contributed by atoms with Crippen LogP contribution in [0.5, 0.6) is 0 Å². The van der Waals surface area contributed by atoms with Gasteiger partial charge < -0.3 is 14.2 Å². The number of esters is 1. The molecule has 2 aromatic rings. The normalized spacial score (nSPS) is 15.4. The van der Waals surface area contributed by atoms with Crippen molar-refractivity contribution in [1.82, 2.24) is 20.0 Å². The summed E-state index contributed by atoms with van der Waals surface area (Å²) < 4.78 is 9.80. The quantitative estimate of drug-likeness (QED) is 0.602. The highest BCUT2D eigenvalue weighted by Crippen LogP contribution is 2.28. The van der Waals surface area contributed by atoms with Crippen LogP contribution in [-0.4, -0.2) is 52.1 Å². The predicted molar refractivity (Wildman–Crippen MR) is 78.1 cm³/mol. The molecule has 3 heterocycles. The van der Waals surface area contributed by atoms with Crippen molar-refractivity contribution in [2.24, 2.45) is 0 Å². The molecule has 8 nitrogen and oxygen atoms in total. The summed E-state index contributed by atoms with van der Waals surface area (Å²) in [6, 6.07) is 3.62. The van der Waals surface area contributed by atoms with Crippen molar-refractivity contribution in [3.63, 3.8) is 0 Å². The van der Waals surface area contributed by atoms with E-state index in [9.17, 15) is 9.59 Å². The molecule has 1 amide bonds. The lowest BCUT2D eigenvalue weighted by Crippen LogP contribution is -2.42. The van der Waals surface area contributed by atoms with E-state index in [0.29, 0.717) is 37.6 Å². The lowest BCUT2D eigenvalue weighted by Gasteiger charge is -2.29. The molecule has 0 aliphatic carbocycles. The van der Waals surface area contributed by atoms with Gasteiger partial charge in [-0.15, -0.1) is 0 Å². The van der Waals surface area contributed by atoms with Gasteiger partial charge in [0, 0.05) is 37.0 Å². The van der Waals surface area contributed by atoms with E-state index >= 15 is 0 Å². The molecule has 3 rings (SSSR count). The second kappa shape index (κ2) is 6.55. The number of carbonyl (C=O) groups excluding carboxylic acids is 2. The number of aromatic nitrogens is 3. The Balaban J connectivity index is 1.64. The molecule has 1 saturated heterocycles. The lowest BCUT2D eigenvalue weighted by molar-refractivity contribution is -0.158. The summed E-state index contributed by atoms with van der Waals surface area (Å²) in [6.07, 6.45) is 4.67. The van der Waals surface area contributed by atoms with Gasteiger partial charge in [-0.25, -0.2) is 4.79 Å². The van der Waals surface area contributed by atoms with Crippen LogP contribution < -0.4 is 0 Å². The number of piperidine rings is 1. The Morgan fingerprint density at radius 1 is 1.26 bits per heavy atom. The Bertz CT molecular complexity index is 693. The van der Waals surface area contributed by atoms with Gasteiger partial charge in [0.25, 0.3) is 0 Å². The minimum absolute atomic E-state index is 0.0831. The predicted octanol–water partition coefficient (Wildman–Crippen LogP) is 1.01. The molecule has 0 spiro atoms. The molecular formula is C15H16N4O4. The summed E-state index contributed by atoms with van der Waals surface area (Å²) in [4.78, 5) is 32.9.